The zero-order valence-electron chi connectivity index (χ0n) is 24.8. The van der Waals surface area contributed by atoms with Gasteiger partial charge in [0, 0.05) is 49.1 Å². The lowest BCUT2D eigenvalue weighted by molar-refractivity contribution is -0.950. The molecule has 1 aliphatic heterocycles. The number of nitrogens with zero attached hydrogens (tertiary/aromatic N) is 1. The summed E-state index contributed by atoms with van der Waals surface area (Å²) in [5.41, 5.74) is 3.37. The third-order valence-electron chi connectivity index (χ3n) is 11.0. The molecule has 3 N–H and O–H groups in total. The molecular formula is C36H41ClN2O4. The predicted octanol–water partition coefficient (Wildman–Crippen LogP) is 1.94. The number of phenols is 1. The van der Waals surface area contributed by atoms with E-state index in [-0.39, 0.29) is 47.9 Å². The topological polar surface area (TPSA) is 86.6 Å². The lowest BCUT2D eigenvalue weighted by Gasteiger charge is -2.65. The molecule has 3 aromatic rings. The van der Waals surface area contributed by atoms with Crippen LogP contribution >= 0.6 is 0 Å². The zero-order valence-corrected chi connectivity index (χ0v) is 25.6. The molecule has 2 bridgehead atoms. The molecular weight excluding hydrogens is 560 g/mol. The maximum absolute atomic E-state index is 13.4. The summed E-state index contributed by atoms with van der Waals surface area (Å²) in [5.74, 6) is 0.476. The number of fused-ring (bicyclic) bond motifs is 1. The number of benzene rings is 3. The molecule has 3 fully saturated rings. The number of Topliss-reactive ketones (excluding diaryl/α,β-unsaturated/α-hetero) is 1. The molecule has 226 valence electrons. The van der Waals surface area contributed by atoms with Crippen LogP contribution in [-0.4, -0.2) is 64.7 Å². The first-order chi connectivity index (χ1) is 20.2. The first-order valence-electron chi connectivity index (χ1n) is 15.6. The number of quaternary nitrogens is 1. The van der Waals surface area contributed by atoms with Gasteiger partial charge in [-0.25, -0.2) is 0 Å². The van der Waals surface area contributed by atoms with Crippen molar-refractivity contribution in [2.45, 2.75) is 68.4 Å². The second-order valence-corrected chi connectivity index (χ2v) is 13.6. The summed E-state index contributed by atoms with van der Waals surface area (Å²) in [7, 11) is 2.28. The van der Waals surface area contributed by atoms with Crippen molar-refractivity contribution in [3.05, 3.63) is 89.0 Å². The van der Waals surface area contributed by atoms with Crippen molar-refractivity contribution in [2.24, 2.45) is 5.92 Å². The number of aromatic hydroxyl groups is 1. The third-order valence-corrected chi connectivity index (χ3v) is 11.0. The van der Waals surface area contributed by atoms with Crippen LogP contribution in [0.25, 0.3) is 11.1 Å². The minimum Gasteiger partial charge on any atom is -1.00 e. The van der Waals surface area contributed by atoms with Crippen LogP contribution in [0, 0.1) is 5.92 Å². The van der Waals surface area contributed by atoms with Crippen molar-refractivity contribution in [3.8, 4) is 16.9 Å². The molecule has 4 atom stereocenters. The van der Waals surface area contributed by atoms with Crippen LogP contribution in [0.1, 0.15) is 65.6 Å². The zero-order chi connectivity index (χ0) is 29.1. The molecule has 2 saturated carbocycles. The SMILES string of the molecule is C[N@@+]1(CC2CC2)CCC23CC(=O)CC[C@@]2(O)C1Cc1ccc(C(=O)NCCc2ccc(-c4ccccc4)cc2)c(O)c13.[Cl-]. The van der Waals surface area contributed by atoms with E-state index >= 15 is 0 Å². The summed E-state index contributed by atoms with van der Waals surface area (Å²) in [6.07, 6.45) is 5.51. The van der Waals surface area contributed by atoms with E-state index in [2.05, 4.69) is 48.8 Å². The van der Waals surface area contributed by atoms with Crippen LogP contribution < -0.4 is 17.7 Å². The maximum Gasteiger partial charge on any atom is 0.255 e. The molecule has 7 rings (SSSR count). The minimum atomic E-state index is -1.08. The lowest BCUT2D eigenvalue weighted by atomic mass is 9.48. The van der Waals surface area contributed by atoms with Gasteiger partial charge >= 0.3 is 0 Å². The van der Waals surface area contributed by atoms with Gasteiger partial charge in [0.2, 0.25) is 0 Å². The van der Waals surface area contributed by atoms with Crippen molar-refractivity contribution in [3.63, 3.8) is 0 Å². The van der Waals surface area contributed by atoms with E-state index in [0.29, 0.717) is 44.2 Å². The van der Waals surface area contributed by atoms with E-state index in [4.69, 9.17) is 0 Å². The number of amides is 1. The fraction of sp³-hybridized carbons (Fsp3) is 0.444. The van der Waals surface area contributed by atoms with Crippen LogP contribution in [0.3, 0.4) is 0 Å². The van der Waals surface area contributed by atoms with Gasteiger partial charge in [-0.15, -0.1) is 0 Å². The highest BCUT2D eigenvalue weighted by Crippen LogP contribution is 2.61. The highest BCUT2D eigenvalue weighted by Gasteiger charge is 2.70. The number of rotatable bonds is 7. The Labute approximate surface area is 260 Å². The fourth-order valence-electron chi connectivity index (χ4n) is 8.62. The molecule has 0 aromatic heterocycles. The number of likely N-dealkylation sites (N-methyl/N-ethyl adjacent to an activating group) is 1. The van der Waals surface area contributed by atoms with Crippen molar-refractivity contribution < 1.29 is 36.7 Å². The average Bonchev–Trinajstić information content (AvgIpc) is 3.80. The molecule has 4 aliphatic rings. The lowest BCUT2D eigenvalue weighted by Crippen LogP contribution is -3.00. The average molecular weight is 601 g/mol. The number of carbonyl (C=O) groups is 2. The van der Waals surface area contributed by atoms with E-state index in [1.54, 1.807) is 6.07 Å². The van der Waals surface area contributed by atoms with Gasteiger partial charge in [-0.05, 0) is 54.0 Å². The summed E-state index contributed by atoms with van der Waals surface area (Å²) in [4.78, 5) is 26.3. The summed E-state index contributed by atoms with van der Waals surface area (Å²) in [6.45, 7) is 2.37. The van der Waals surface area contributed by atoms with Gasteiger partial charge in [-0.2, -0.15) is 0 Å². The Morgan fingerprint density at radius 3 is 2.44 bits per heavy atom. The number of halogens is 1. The number of likely N-dealkylation sites (tertiary alicyclic amines) is 1. The van der Waals surface area contributed by atoms with E-state index in [1.165, 1.54) is 18.4 Å². The van der Waals surface area contributed by atoms with Gasteiger partial charge in [0.25, 0.3) is 5.91 Å². The van der Waals surface area contributed by atoms with Crippen LogP contribution in [-0.2, 0) is 23.1 Å². The first-order valence-corrected chi connectivity index (χ1v) is 15.6. The largest absolute Gasteiger partial charge is 1.00 e. The molecule has 1 heterocycles. The molecule has 3 aromatic carbocycles. The quantitative estimate of drug-likeness (QED) is 0.362. The number of carbonyl (C=O) groups excluding carboxylic acids is 2. The minimum absolute atomic E-state index is 0. The van der Waals surface area contributed by atoms with Crippen LogP contribution in [0.4, 0.5) is 0 Å². The molecule has 1 saturated heterocycles. The van der Waals surface area contributed by atoms with E-state index in [0.717, 1.165) is 40.2 Å². The standard InChI is InChI=1S/C36H40N2O4.ClH/c1-38(23-25-7-8-25)20-18-35-22-29(39)15-17-36(35,42)31(38)21-28-13-14-30(33(40)32(28)35)34(41)37-19-16-24-9-11-27(12-10-24)26-5-3-2-4-6-26;/h2-6,9-14,25,31,42H,7-8,15-23H2,1H3,(H-,37,40,41);1H/t31?,35?,36-,38+;/m1./s1. The molecule has 6 nitrogen and oxygen atoms in total. The van der Waals surface area contributed by atoms with E-state index in [1.807, 2.05) is 24.3 Å². The second-order valence-electron chi connectivity index (χ2n) is 13.6. The predicted molar refractivity (Wildman–Crippen MR) is 162 cm³/mol. The molecule has 43 heavy (non-hydrogen) atoms. The number of aliphatic hydroxyl groups is 1. The molecule has 0 radical (unpaired) electrons. The maximum atomic E-state index is 13.4. The number of ketones is 1. The summed E-state index contributed by atoms with van der Waals surface area (Å²) >= 11 is 0. The van der Waals surface area contributed by atoms with Gasteiger partial charge < -0.3 is 32.4 Å². The smallest absolute Gasteiger partial charge is 0.255 e. The number of piperidine rings is 1. The monoisotopic (exact) mass is 600 g/mol. The molecule has 1 amide bonds. The molecule has 7 heteroatoms. The van der Waals surface area contributed by atoms with Gasteiger partial charge in [0.15, 0.2) is 0 Å². The van der Waals surface area contributed by atoms with Gasteiger partial charge in [0.1, 0.15) is 23.2 Å². The fourth-order valence-corrected chi connectivity index (χ4v) is 8.62. The Balaban J connectivity index is 0.00000329. The van der Waals surface area contributed by atoms with Crippen molar-refractivity contribution in [1.82, 2.24) is 5.32 Å². The highest BCUT2D eigenvalue weighted by molar-refractivity contribution is 5.98. The summed E-state index contributed by atoms with van der Waals surface area (Å²) in [6, 6.07) is 22.3. The van der Waals surface area contributed by atoms with Gasteiger partial charge in [0.05, 0.1) is 25.7 Å². The van der Waals surface area contributed by atoms with E-state index < -0.39 is 11.0 Å². The number of phenolic OH excluding ortho intramolecular Hbond substituents is 1. The molecule has 3 aliphatic carbocycles. The first kappa shape index (κ1) is 29.9. The Kier molecular flexibility index (Phi) is 7.68. The Morgan fingerprint density at radius 2 is 1.72 bits per heavy atom. The normalized spacial score (nSPS) is 29.2. The van der Waals surface area contributed by atoms with Crippen LogP contribution in [0.2, 0.25) is 0 Å². The van der Waals surface area contributed by atoms with Crippen molar-refractivity contribution in [2.75, 3.05) is 26.7 Å². The van der Waals surface area contributed by atoms with Crippen LogP contribution in [0.15, 0.2) is 66.7 Å². The van der Waals surface area contributed by atoms with Crippen LogP contribution in [0.5, 0.6) is 5.75 Å². The van der Waals surface area contributed by atoms with E-state index in [9.17, 15) is 19.8 Å². The highest BCUT2D eigenvalue weighted by atomic mass is 35.5. The Morgan fingerprint density at radius 1 is 1.00 bits per heavy atom. The van der Waals surface area contributed by atoms with Gasteiger partial charge in [-0.3, -0.25) is 9.59 Å². The Bertz CT molecular complexity index is 1540. The number of nitrogens with one attached hydrogen (secondary N) is 1. The van der Waals surface area contributed by atoms with Gasteiger partial charge in [-0.1, -0.05) is 60.7 Å². The van der Waals surface area contributed by atoms with Crippen molar-refractivity contribution in [1.29, 1.82) is 0 Å². The summed E-state index contributed by atoms with van der Waals surface area (Å²) < 4.78 is 0.825. The number of hydrogen-bond donors (Lipinski definition) is 3. The molecule has 0 spiro atoms. The third kappa shape index (κ3) is 4.98. The Hall–Kier alpha value is -3.19. The number of hydrogen-bond acceptors (Lipinski definition) is 4. The second kappa shape index (κ2) is 11.1. The van der Waals surface area contributed by atoms with Crippen molar-refractivity contribution >= 4 is 11.7 Å². The summed E-state index contributed by atoms with van der Waals surface area (Å²) in [5, 5.41) is 27.2. The molecule has 2 unspecified atom stereocenters.